The molecule has 0 aliphatic heterocycles. The predicted molar refractivity (Wildman–Crippen MR) is 57.5 cm³/mol. The highest BCUT2D eigenvalue weighted by Crippen LogP contribution is 2.49. The highest BCUT2D eigenvalue weighted by molar-refractivity contribution is 7.80. The lowest BCUT2D eigenvalue weighted by atomic mass is 9.96. The summed E-state index contributed by atoms with van der Waals surface area (Å²) in [6.07, 6.45) is -13.7. The van der Waals surface area contributed by atoms with Crippen molar-refractivity contribution in [1.29, 1.82) is 0 Å². The minimum Gasteiger partial charge on any atom is -0.236 e. The highest BCUT2D eigenvalue weighted by atomic mass is 32.1. The van der Waals surface area contributed by atoms with Crippen LogP contribution in [0.15, 0.2) is 0 Å². The maximum absolute atomic E-state index is 13.1. The van der Waals surface area contributed by atoms with Gasteiger partial charge >= 0.3 is 12.4 Å². The molecule has 19 heavy (non-hydrogen) atoms. The van der Waals surface area contributed by atoms with Crippen LogP contribution < -0.4 is 0 Å². The van der Waals surface area contributed by atoms with Crippen LogP contribution in [-0.2, 0) is 0 Å². The van der Waals surface area contributed by atoms with Crippen molar-refractivity contribution in [2.45, 2.75) is 62.0 Å². The van der Waals surface area contributed by atoms with Gasteiger partial charge in [-0.15, -0.1) is 12.6 Å². The Morgan fingerprint density at radius 2 is 1.16 bits per heavy atom. The fraction of sp³-hybridized carbons (Fsp3) is 1.00. The quantitative estimate of drug-likeness (QED) is 0.363. The molecule has 9 heteroatoms. The van der Waals surface area contributed by atoms with Crippen LogP contribution in [-0.4, -0.2) is 23.5 Å². The molecule has 0 aromatic heterocycles. The number of hydrogen-bond donors (Lipinski definition) is 1. The number of unbranched alkanes of at least 4 members (excludes halogenated alkanes) is 3. The molecule has 0 radical (unpaired) electrons. The number of halogens is 8. The molecule has 0 spiro atoms. The lowest BCUT2D eigenvalue weighted by Crippen LogP contribution is -2.53. The van der Waals surface area contributed by atoms with Crippen molar-refractivity contribution in [3.05, 3.63) is 0 Å². The van der Waals surface area contributed by atoms with Crippen molar-refractivity contribution >= 4 is 12.6 Å². The summed E-state index contributed by atoms with van der Waals surface area (Å²) in [4.78, 5) is 0. The molecule has 1 atom stereocenters. The van der Waals surface area contributed by atoms with Crippen LogP contribution in [0, 0.1) is 0 Å². The van der Waals surface area contributed by atoms with E-state index in [1.54, 1.807) is 0 Å². The first-order chi connectivity index (χ1) is 8.42. The topological polar surface area (TPSA) is 0 Å². The number of alkyl halides is 8. The zero-order chi connectivity index (χ0) is 15.3. The van der Waals surface area contributed by atoms with Gasteiger partial charge in [0.1, 0.15) is 5.50 Å². The molecule has 116 valence electrons. The summed E-state index contributed by atoms with van der Waals surface area (Å²) in [5.41, 5.74) is -6.54. The van der Waals surface area contributed by atoms with Gasteiger partial charge in [0, 0.05) is 0 Å². The lowest BCUT2D eigenvalue weighted by molar-refractivity contribution is -0.343. The standard InChI is InChI=1S/C10H14F8S/c11-7(19)5-3-1-2-4-6-8(12,9(13,14)15)10(16,17)18/h7,19H,1-6H2. The van der Waals surface area contributed by atoms with Crippen molar-refractivity contribution in [2.75, 3.05) is 0 Å². The van der Waals surface area contributed by atoms with Crippen molar-refractivity contribution in [3.63, 3.8) is 0 Å². The Bertz CT molecular complexity index is 243. The van der Waals surface area contributed by atoms with E-state index >= 15 is 0 Å². The zero-order valence-corrected chi connectivity index (χ0v) is 10.7. The van der Waals surface area contributed by atoms with Crippen molar-refractivity contribution < 1.29 is 35.1 Å². The summed E-state index contributed by atoms with van der Waals surface area (Å²) in [7, 11) is 0. The fourth-order valence-electron chi connectivity index (χ4n) is 1.48. The van der Waals surface area contributed by atoms with E-state index < -0.39 is 36.4 Å². The maximum atomic E-state index is 13.1. The third-order valence-electron chi connectivity index (χ3n) is 2.61. The second-order valence-electron chi connectivity index (χ2n) is 4.18. The van der Waals surface area contributed by atoms with E-state index in [1.165, 1.54) is 0 Å². The highest BCUT2D eigenvalue weighted by Gasteiger charge is 2.71. The molecule has 0 aromatic rings. The molecule has 0 aromatic carbocycles. The fourth-order valence-corrected chi connectivity index (χ4v) is 1.66. The molecule has 0 rings (SSSR count). The van der Waals surface area contributed by atoms with Gasteiger partial charge in [0.05, 0.1) is 0 Å². The Labute approximate surface area is 111 Å². The number of hydrogen-bond acceptors (Lipinski definition) is 1. The minimum atomic E-state index is -5.99. The van der Waals surface area contributed by atoms with Crippen LogP contribution >= 0.6 is 12.6 Å². The molecule has 0 aliphatic rings. The van der Waals surface area contributed by atoms with Gasteiger partial charge in [0.15, 0.2) is 0 Å². The van der Waals surface area contributed by atoms with E-state index in [0.717, 1.165) is 0 Å². The van der Waals surface area contributed by atoms with Crippen molar-refractivity contribution in [1.82, 2.24) is 0 Å². The van der Waals surface area contributed by atoms with Gasteiger partial charge in [-0.3, -0.25) is 0 Å². The molecular weight excluding hydrogens is 304 g/mol. The summed E-state index contributed by atoms with van der Waals surface area (Å²) < 4.78 is 98.1. The van der Waals surface area contributed by atoms with Crippen LogP contribution in [0.25, 0.3) is 0 Å². The Kier molecular flexibility index (Phi) is 6.91. The summed E-state index contributed by atoms with van der Waals surface area (Å²) in [6.45, 7) is 0. The molecule has 0 amide bonds. The number of rotatable bonds is 7. The second-order valence-corrected chi connectivity index (χ2v) is 4.74. The molecule has 0 nitrogen and oxygen atoms in total. The van der Waals surface area contributed by atoms with Gasteiger partial charge in [-0.05, 0) is 25.7 Å². The maximum Gasteiger partial charge on any atom is 0.431 e. The number of thiol groups is 1. The smallest absolute Gasteiger partial charge is 0.236 e. The second kappa shape index (κ2) is 6.99. The Balaban J connectivity index is 4.25. The first-order valence-electron chi connectivity index (χ1n) is 5.56. The predicted octanol–water partition coefficient (Wildman–Crippen LogP) is 5.39. The largest absolute Gasteiger partial charge is 0.431 e. The third-order valence-corrected chi connectivity index (χ3v) is 2.87. The van der Waals surface area contributed by atoms with Crippen LogP contribution in [0.4, 0.5) is 35.1 Å². The summed E-state index contributed by atoms with van der Waals surface area (Å²) in [5.74, 6) is 0. The van der Waals surface area contributed by atoms with E-state index in [9.17, 15) is 35.1 Å². The summed E-state index contributed by atoms with van der Waals surface area (Å²) in [5, 5.41) is 0. The minimum absolute atomic E-state index is 0.0294. The summed E-state index contributed by atoms with van der Waals surface area (Å²) in [6, 6.07) is 0. The normalized spacial score (nSPS) is 15.6. The van der Waals surface area contributed by atoms with Gasteiger partial charge in [-0.1, -0.05) is 12.8 Å². The SMILES string of the molecule is FC(S)CCCCCCC(F)(C(F)(F)F)C(F)(F)F. The third kappa shape index (κ3) is 5.74. The molecule has 0 N–H and O–H groups in total. The van der Waals surface area contributed by atoms with E-state index in [4.69, 9.17) is 0 Å². The molecule has 0 saturated heterocycles. The average molecular weight is 318 g/mol. The first-order valence-corrected chi connectivity index (χ1v) is 6.08. The molecular formula is C10H14F8S. The van der Waals surface area contributed by atoms with Crippen LogP contribution in [0.2, 0.25) is 0 Å². The van der Waals surface area contributed by atoms with Crippen molar-refractivity contribution in [2.24, 2.45) is 0 Å². The van der Waals surface area contributed by atoms with Gasteiger partial charge in [0.25, 0.3) is 5.67 Å². The van der Waals surface area contributed by atoms with Crippen LogP contribution in [0.5, 0.6) is 0 Å². The van der Waals surface area contributed by atoms with Gasteiger partial charge in [0.2, 0.25) is 0 Å². The van der Waals surface area contributed by atoms with Gasteiger partial charge < -0.3 is 0 Å². The summed E-state index contributed by atoms with van der Waals surface area (Å²) >= 11 is 3.42. The Morgan fingerprint density at radius 3 is 1.53 bits per heavy atom. The zero-order valence-electron chi connectivity index (χ0n) is 9.79. The van der Waals surface area contributed by atoms with E-state index in [-0.39, 0.29) is 25.7 Å². The molecule has 0 heterocycles. The van der Waals surface area contributed by atoms with Gasteiger partial charge in [-0.25, -0.2) is 8.78 Å². The lowest BCUT2D eigenvalue weighted by Gasteiger charge is -2.29. The molecule has 0 saturated carbocycles. The van der Waals surface area contributed by atoms with Crippen LogP contribution in [0.1, 0.15) is 38.5 Å². The van der Waals surface area contributed by atoms with Crippen molar-refractivity contribution in [3.8, 4) is 0 Å². The average Bonchev–Trinajstić information content (AvgIpc) is 2.19. The Hall–Kier alpha value is -0.210. The first kappa shape index (κ1) is 18.8. The monoisotopic (exact) mass is 318 g/mol. The molecule has 0 bridgehead atoms. The molecule has 1 unspecified atom stereocenters. The van der Waals surface area contributed by atoms with E-state index in [0.29, 0.717) is 0 Å². The Morgan fingerprint density at radius 1 is 0.737 bits per heavy atom. The molecule has 0 fully saturated rings. The molecule has 0 aliphatic carbocycles. The van der Waals surface area contributed by atoms with Gasteiger partial charge in [-0.2, -0.15) is 26.3 Å². The van der Waals surface area contributed by atoms with E-state index in [2.05, 4.69) is 12.6 Å². The van der Waals surface area contributed by atoms with Crippen LogP contribution in [0.3, 0.4) is 0 Å². The van der Waals surface area contributed by atoms with E-state index in [1.807, 2.05) is 0 Å².